The van der Waals surface area contributed by atoms with E-state index in [1.807, 2.05) is 0 Å². The van der Waals surface area contributed by atoms with Crippen molar-refractivity contribution in [2.45, 2.75) is 0 Å². The molecule has 10 heteroatoms. The molecule has 0 bridgehead atoms. The van der Waals surface area contributed by atoms with Gasteiger partial charge in [-0.3, -0.25) is 30.3 Å². The van der Waals surface area contributed by atoms with Gasteiger partial charge in [0.1, 0.15) is 0 Å². The molecule has 0 aliphatic carbocycles. The minimum atomic E-state index is -0.864. The highest BCUT2D eigenvalue weighted by molar-refractivity contribution is 5.57. The normalized spacial score (nSPS) is 10.0. The molecule has 0 unspecified atom stereocenters. The van der Waals surface area contributed by atoms with Gasteiger partial charge in [-0.05, 0) is 12.1 Å². The van der Waals surface area contributed by atoms with Gasteiger partial charge in [0.05, 0.1) is 20.8 Å². The van der Waals surface area contributed by atoms with Crippen LogP contribution in [0.3, 0.4) is 0 Å². The van der Waals surface area contributed by atoms with Crippen LogP contribution in [0.1, 0.15) is 0 Å². The molecule has 0 aliphatic heterocycles. The van der Waals surface area contributed by atoms with E-state index in [0.717, 1.165) is 18.2 Å². The van der Waals surface area contributed by atoms with Crippen molar-refractivity contribution in [1.82, 2.24) is 0 Å². The molecule has 0 radical (unpaired) electrons. The molecule has 0 atom stereocenters. The van der Waals surface area contributed by atoms with Crippen LogP contribution in [0.5, 0.6) is 11.5 Å². The topological polar surface area (TPSA) is 139 Å². The van der Waals surface area contributed by atoms with E-state index >= 15 is 0 Å². The molecule has 0 aliphatic rings. The van der Waals surface area contributed by atoms with Crippen molar-refractivity contribution in [3.05, 3.63) is 72.8 Å². The first-order chi connectivity index (χ1) is 10.4. The molecule has 0 N–H and O–H groups in total. The van der Waals surface area contributed by atoms with Crippen LogP contribution in [-0.4, -0.2) is 14.8 Å². The zero-order valence-electron chi connectivity index (χ0n) is 10.7. The van der Waals surface area contributed by atoms with Crippen molar-refractivity contribution in [2.75, 3.05) is 0 Å². The number of hydrogen-bond donors (Lipinski definition) is 0. The molecule has 0 amide bonds. The molecule has 0 heterocycles. The first-order valence-electron chi connectivity index (χ1n) is 5.74. The Morgan fingerprint density at radius 2 is 1.32 bits per heavy atom. The number of para-hydroxylation sites is 2. The molecule has 10 nitrogen and oxygen atoms in total. The van der Waals surface area contributed by atoms with E-state index in [-0.39, 0.29) is 17.2 Å². The molecule has 0 spiro atoms. The fourth-order valence-electron chi connectivity index (χ4n) is 1.66. The molecule has 2 aromatic rings. The SMILES string of the molecule is O=[N+]([O-])c1ccc(Oc2ccccc2[N+](=O)[O-])c([N+](=O)[O-])c1. The molecule has 2 aromatic carbocycles. The first kappa shape index (κ1) is 14.8. The fourth-order valence-corrected chi connectivity index (χ4v) is 1.66. The van der Waals surface area contributed by atoms with Crippen LogP contribution >= 0.6 is 0 Å². The van der Waals surface area contributed by atoms with Crippen LogP contribution < -0.4 is 4.74 Å². The van der Waals surface area contributed by atoms with Crippen LogP contribution in [-0.2, 0) is 0 Å². The molecule has 22 heavy (non-hydrogen) atoms. The summed E-state index contributed by atoms with van der Waals surface area (Å²) in [5.41, 5.74) is -1.52. The molecule has 0 fully saturated rings. The van der Waals surface area contributed by atoms with E-state index in [2.05, 4.69) is 0 Å². The summed E-state index contributed by atoms with van der Waals surface area (Å²) in [5, 5.41) is 32.5. The van der Waals surface area contributed by atoms with Crippen molar-refractivity contribution >= 4 is 17.1 Å². The van der Waals surface area contributed by atoms with E-state index in [0.29, 0.717) is 0 Å². The average molecular weight is 305 g/mol. The highest BCUT2D eigenvalue weighted by atomic mass is 16.6. The summed E-state index contributed by atoms with van der Waals surface area (Å²) in [6, 6.07) is 8.07. The Hall–Kier alpha value is -3.56. The number of hydrogen-bond acceptors (Lipinski definition) is 7. The number of nitro groups is 3. The van der Waals surface area contributed by atoms with Gasteiger partial charge in [-0.1, -0.05) is 12.1 Å². The predicted octanol–water partition coefficient (Wildman–Crippen LogP) is 3.20. The molecule has 112 valence electrons. The summed E-state index contributed by atoms with van der Waals surface area (Å²) in [5.74, 6) is -0.533. The highest BCUT2D eigenvalue weighted by Gasteiger charge is 2.23. The summed E-state index contributed by atoms with van der Waals surface area (Å²) < 4.78 is 5.19. The fraction of sp³-hybridized carbons (Fsp3) is 0. The van der Waals surface area contributed by atoms with Gasteiger partial charge in [0.2, 0.25) is 11.5 Å². The minimum absolute atomic E-state index is 0.204. The number of benzene rings is 2. The third-order valence-electron chi connectivity index (χ3n) is 2.63. The lowest BCUT2D eigenvalue weighted by Crippen LogP contribution is -1.98. The lowest BCUT2D eigenvalue weighted by atomic mass is 10.2. The van der Waals surface area contributed by atoms with Crippen LogP contribution in [0.15, 0.2) is 42.5 Å². The Morgan fingerprint density at radius 3 is 1.91 bits per heavy atom. The van der Waals surface area contributed by atoms with Crippen molar-refractivity contribution in [2.24, 2.45) is 0 Å². The number of nitrogens with zero attached hydrogens (tertiary/aromatic N) is 3. The van der Waals surface area contributed by atoms with Gasteiger partial charge >= 0.3 is 11.4 Å². The monoisotopic (exact) mass is 305 g/mol. The second-order valence-corrected chi connectivity index (χ2v) is 3.99. The van der Waals surface area contributed by atoms with Gasteiger partial charge < -0.3 is 4.74 Å². The zero-order valence-corrected chi connectivity index (χ0v) is 10.7. The molecule has 0 saturated heterocycles. The lowest BCUT2D eigenvalue weighted by Gasteiger charge is -2.06. The van der Waals surface area contributed by atoms with Gasteiger partial charge in [0, 0.05) is 12.1 Å². The standard InChI is InChI=1S/C12H7N3O7/c16-13(17)8-5-6-12(10(7-8)15(20)21)22-11-4-2-1-3-9(11)14(18)19/h1-7H. The van der Waals surface area contributed by atoms with Crippen molar-refractivity contribution in [1.29, 1.82) is 0 Å². The highest BCUT2D eigenvalue weighted by Crippen LogP contribution is 2.37. The van der Waals surface area contributed by atoms with E-state index in [1.54, 1.807) is 0 Å². The van der Waals surface area contributed by atoms with E-state index < -0.39 is 26.1 Å². The van der Waals surface area contributed by atoms with Gasteiger partial charge in [-0.15, -0.1) is 0 Å². The Bertz CT molecular complexity index is 775. The summed E-state index contributed by atoms with van der Waals surface area (Å²) in [6.45, 7) is 0. The Labute approximate surface area is 122 Å². The van der Waals surface area contributed by atoms with E-state index in [1.165, 1.54) is 24.3 Å². The maximum absolute atomic E-state index is 11.0. The smallest absolute Gasteiger partial charge is 0.318 e. The van der Waals surface area contributed by atoms with Gasteiger partial charge in [-0.2, -0.15) is 0 Å². The summed E-state index contributed by atoms with van der Waals surface area (Å²) in [4.78, 5) is 30.1. The Balaban J connectivity index is 2.48. The summed E-state index contributed by atoms with van der Waals surface area (Å²) in [6.07, 6.45) is 0. The largest absolute Gasteiger partial charge is 0.443 e. The maximum Gasteiger partial charge on any atom is 0.318 e. The number of non-ortho nitro benzene ring substituents is 1. The minimum Gasteiger partial charge on any atom is -0.443 e. The third kappa shape index (κ3) is 2.95. The third-order valence-corrected chi connectivity index (χ3v) is 2.63. The number of ether oxygens (including phenoxy) is 1. The van der Waals surface area contributed by atoms with Crippen molar-refractivity contribution in [3.63, 3.8) is 0 Å². The van der Waals surface area contributed by atoms with Crippen LogP contribution in [0, 0.1) is 30.3 Å². The second kappa shape index (κ2) is 5.83. The van der Waals surface area contributed by atoms with Gasteiger partial charge in [-0.25, -0.2) is 0 Å². The Morgan fingerprint density at radius 1 is 0.727 bits per heavy atom. The van der Waals surface area contributed by atoms with Crippen molar-refractivity contribution in [3.8, 4) is 11.5 Å². The van der Waals surface area contributed by atoms with Crippen LogP contribution in [0.4, 0.5) is 17.1 Å². The second-order valence-electron chi connectivity index (χ2n) is 3.99. The van der Waals surface area contributed by atoms with Crippen molar-refractivity contribution < 1.29 is 19.5 Å². The lowest BCUT2D eigenvalue weighted by molar-refractivity contribution is -0.394. The predicted molar refractivity (Wildman–Crippen MR) is 72.9 cm³/mol. The molecule has 2 rings (SSSR count). The quantitative estimate of drug-likeness (QED) is 0.610. The van der Waals surface area contributed by atoms with Crippen LogP contribution in [0.2, 0.25) is 0 Å². The van der Waals surface area contributed by atoms with E-state index in [9.17, 15) is 30.3 Å². The first-order valence-corrected chi connectivity index (χ1v) is 5.74. The summed E-state index contributed by atoms with van der Waals surface area (Å²) >= 11 is 0. The molecule has 0 saturated carbocycles. The average Bonchev–Trinajstić information content (AvgIpc) is 2.47. The summed E-state index contributed by atoms with van der Waals surface area (Å²) in [7, 11) is 0. The molecular weight excluding hydrogens is 298 g/mol. The van der Waals surface area contributed by atoms with Crippen LogP contribution in [0.25, 0.3) is 0 Å². The van der Waals surface area contributed by atoms with Gasteiger partial charge in [0.25, 0.3) is 5.69 Å². The molecular formula is C12H7N3O7. The zero-order chi connectivity index (χ0) is 16.3. The number of rotatable bonds is 5. The maximum atomic E-state index is 11.0. The molecule has 0 aromatic heterocycles. The number of nitro benzene ring substituents is 3. The Kier molecular flexibility index (Phi) is 3.93. The van der Waals surface area contributed by atoms with Gasteiger partial charge in [0.15, 0.2) is 0 Å². The van der Waals surface area contributed by atoms with E-state index in [4.69, 9.17) is 4.74 Å².